The number of aliphatic carboxylic acids is 1. The number of carboxylic acids is 1. The largest absolute Gasteiger partial charge is 0.480 e. The number of anilines is 1. The van der Waals surface area contributed by atoms with Crippen molar-refractivity contribution in [3.8, 4) is 0 Å². The second-order valence-electron chi connectivity index (χ2n) is 6.04. The van der Waals surface area contributed by atoms with Crippen LogP contribution in [0.15, 0.2) is 24.3 Å². The molecule has 0 unspecified atom stereocenters. The predicted molar refractivity (Wildman–Crippen MR) is 91.3 cm³/mol. The molecule has 2 rings (SSSR count). The van der Waals surface area contributed by atoms with E-state index >= 15 is 0 Å². The van der Waals surface area contributed by atoms with E-state index < -0.39 is 38.7 Å². The van der Waals surface area contributed by atoms with Crippen LogP contribution >= 0.6 is 11.8 Å². The highest BCUT2D eigenvalue weighted by atomic mass is 32.2. The van der Waals surface area contributed by atoms with Crippen molar-refractivity contribution in [1.82, 2.24) is 0 Å². The Bertz CT molecular complexity index is 751. The normalized spacial score (nSPS) is 19.2. The van der Waals surface area contributed by atoms with Crippen LogP contribution in [0, 0.1) is 10.1 Å². The summed E-state index contributed by atoms with van der Waals surface area (Å²) in [5.74, 6) is -2.41. The van der Waals surface area contributed by atoms with Crippen LogP contribution < -0.4 is 10.6 Å². The van der Waals surface area contributed by atoms with E-state index in [1.165, 1.54) is 24.3 Å². The number of para-hydroxylation sites is 2. The summed E-state index contributed by atoms with van der Waals surface area (Å²) >= 11 is 0.983. The first-order chi connectivity index (χ1) is 11.6. The van der Waals surface area contributed by atoms with Gasteiger partial charge in [0, 0.05) is 17.2 Å². The topological polar surface area (TPSA) is 144 Å². The molecule has 0 saturated carbocycles. The first-order valence-corrected chi connectivity index (χ1v) is 8.20. The SMILES string of the molecule is CC(C)(S[C@@H]1CC(=O)N(c2ccccc2[N+](=O)[O-])C1=O)[C@@H](N)C(=O)O. The van der Waals surface area contributed by atoms with E-state index in [4.69, 9.17) is 10.8 Å². The first kappa shape index (κ1) is 18.9. The second-order valence-corrected chi connectivity index (χ2v) is 7.90. The second kappa shape index (κ2) is 6.81. The minimum absolute atomic E-state index is 0.0917. The zero-order chi connectivity index (χ0) is 18.9. The highest BCUT2D eigenvalue weighted by molar-refractivity contribution is 8.02. The Labute approximate surface area is 147 Å². The van der Waals surface area contributed by atoms with Crippen LogP contribution in [0.4, 0.5) is 11.4 Å². The van der Waals surface area contributed by atoms with E-state index in [9.17, 15) is 24.5 Å². The van der Waals surface area contributed by atoms with Crippen LogP contribution in [0.1, 0.15) is 20.3 Å². The van der Waals surface area contributed by atoms with Crippen molar-refractivity contribution in [3.05, 3.63) is 34.4 Å². The van der Waals surface area contributed by atoms with Gasteiger partial charge < -0.3 is 10.8 Å². The molecule has 3 N–H and O–H groups in total. The van der Waals surface area contributed by atoms with Crippen molar-refractivity contribution in [1.29, 1.82) is 0 Å². The Morgan fingerprint density at radius 3 is 2.60 bits per heavy atom. The Hall–Kier alpha value is -2.46. The molecule has 25 heavy (non-hydrogen) atoms. The van der Waals surface area contributed by atoms with Gasteiger partial charge in [-0.15, -0.1) is 11.8 Å². The fourth-order valence-electron chi connectivity index (χ4n) is 2.49. The highest BCUT2D eigenvalue weighted by Crippen LogP contribution is 2.40. The number of thioether (sulfide) groups is 1. The number of nitro benzene ring substituents is 1. The van der Waals surface area contributed by atoms with E-state index in [1.54, 1.807) is 13.8 Å². The first-order valence-electron chi connectivity index (χ1n) is 7.32. The average molecular weight is 367 g/mol. The molecule has 0 aliphatic carbocycles. The molecule has 134 valence electrons. The van der Waals surface area contributed by atoms with Gasteiger partial charge in [0.2, 0.25) is 11.8 Å². The standard InChI is InChI=1S/C15H17N3O6S/c1-15(2,12(16)14(21)22)25-10-7-11(19)17(13(10)20)8-5-3-4-6-9(8)18(23)24/h3-6,10,12H,7,16H2,1-2H3,(H,21,22)/t10-,12+/m1/s1. The van der Waals surface area contributed by atoms with E-state index in [0.717, 1.165) is 16.7 Å². The minimum Gasteiger partial charge on any atom is -0.480 e. The third-order valence-corrected chi connectivity index (χ3v) is 5.40. The molecule has 0 radical (unpaired) electrons. The van der Waals surface area contributed by atoms with Crippen LogP contribution in [-0.2, 0) is 14.4 Å². The lowest BCUT2D eigenvalue weighted by molar-refractivity contribution is -0.384. The number of nitro groups is 1. The predicted octanol–water partition coefficient (Wildman–Crippen LogP) is 1.15. The number of carbonyl (C=O) groups excluding carboxylic acids is 2. The zero-order valence-corrected chi connectivity index (χ0v) is 14.4. The number of nitrogens with two attached hydrogens (primary N) is 1. The summed E-state index contributed by atoms with van der Waals surface area (Å²) in [7, 11) is 0. The van der Waals surface area contributed by atoms with Crippen LogP contribution in [0.3, 0.4) is 0 Å². The number of benzene rings is 1. The Kier molecular flexibility index (Phi) is 5.14. The Balaban J connectivity index is 2.30. The maximum absolute atomic E-state index is 12.6. The van der Waals surface area contributed by atoms with Crippen molar-refractivity contribution >= 4 is 40.9 Å². The zero-order valence-electron chi connectivity index (χ0n) is 13.5. The van der Waals surface area contributed by atoms with Gasteiger partial charge in [0.25, 0.3) is 5.69 Å². The van der Waals surface area contributed by atoms with E-state index in [0.29, 0.717) is 0 Å². The molecule has 0 aromatic heterocycles. The molecular weight excluding hydrogens is 350 g/mol. The van der Waals surface area contributed by atoms with Gasteiger partial charge in [-0.05, 0) is 19.9 Å². The lowest BCUT2D eigenvalue weighted by Gasteiger charge is -2.30. The number of imide groups is 1. The Morgan fingerprint density at radius 2 is 2.04 bits per heavy atom. The van der Waals surface area contributed by atoms with Gasteiger partial charge >= 0.3 is 5.97 Å². The lowest BCUT2D eigenvalue weighted by atomic mass is 10.1. The number of amides is 2. The maximum atomic E-state index is 12.6. The van der Waals surface area contributed by atoms with Crippen molar-refractivity contribution in [2.45, 2.75) is 36.3 Å². The summed E-state index contributed by atoms with van der Waals surface area (Å²) < 4.78 is -1.01. The number of hydrogen-bond donors (Lipinski definition) is 2. The summed E-state index contributed by atoms with van der Waals surface area (Å²) in [6.07, 6.45) is -0.175. The molecule has 0 bridgehead atoms. The molecule has 1 aliphatic heterocycles. The molecule has 9 nitrogen and oxygen atoms in total. The number of carbonyl (C=O) groups is 3. The summed E-state index contributed by atoms with van der Waals surface area (Å²) in [6, 6.07) is 4.23. The average Bonchev–Trinajstić information content (AvgIpc) is 2.79. The molecule has 2 atom stereocenters. The molecule has 2 amide bonds. The van der Waals surface area contributed by atoms with Gasteiger partial charge in [-0.3, -0.25) is 24.5 Å². The number of carboxylic acid groups (broad SMARTS) is 1. The molecule has 1 aliphatic rings. The van der Waals surface area contributed by atoms with E-state index in [-0.39, 0.29) is 17.8 Å². The molecule has 0 spiro atoms. The van der Waals surface area contributed by atoms with Crippen molar-refractivity contribution in [2.75, 3.05) is 4.90 Å². The molecule has 1 heterocycles. The van der Waals surface area contributed by atoms with Crippen molar-refractivity contribution < 1.29 is 24.4 Å². The third kappa shape index (κ3) is 3.64. The molecule has 1 aromatic rings. The quantitative estimate of drug-likeness (QED) is 0.433. The molecule has 1 aromatic carbocycles. The molecular formula is C15H17N3O6S. The molecule has 1 saturated heterocycles. The third-order valence-electron chi connectivity index (χ3n) is 3.89. The monoisotopic (exact) mass is 367 g/mol. The molecule has 10 heteroatoms. The van der Waals surface area contributed by atoms with Gasteiger partial charge in [-0.2, -0.15) is 0 Å². The fraction of sp³-hybridized carbons (Fsp3) is 0.400. The summed E-state index contributed by atoms with van der Waals surface area (Å²) in [5.41, 5.74) is 5.20. The summed E-state index contributed by atoms with van der Waals surface area (Å²) in [6.45, 7) is 3.14. The van der Waals surface area contributed by atoms with Gasteiger partial charge in [-0.1, -0.05) is 12.1 Å². The molecule has 1 fully saturated rings. The van der Waals surface area contributed by atoms with Crippen molar-refractivity contribution in [3.63, 3.8) is 0 Å². The number of nitrogens with zero attached hydrogens (tertiary/aromatic N) is 2. The van der Waals surface area contributed by atoms with E-state index in [2.05, 4.69) is 0 Å². The van der Waals surface area contributed by atoms with Gasteiger partial charge in [0.15, 0.2) is 0 Å². The minimum atomic E-state index is -1.24. The highest BCUT2D eigenvalue weighted by Gasteiger charge is 2.46. The van der Waals surface area contributed by atoms with Crippen LogP contribution in [0.25, 0.3) is 0 Å². The maximum Gasteiger partial charge on any atom is 0.321 e. The summed E-state index contributed by atoms with van der Waals surface area (Å²) in [5, 5.41) is 19.3. The van der Waals surface area contributed by atoms with Gasteiger partial charge in [0.1, 0.15) is 11.7 Å². The van der Waals surface area contributed by atoms with Crippen LogP contribution in [-0.4, -0.2) is 43.9 Å². The van der Waals surface area contributed by atoms with Crippen LogP contribution in [0.5, 0.6) is 0 Å². The smallest absolute Gasteiger partial charge is 0.321 e. The number of rotatable bonds is 6. The fourth-order valence-corrected chi connectivity index (χ4v) is 3.91. The van der Waals surface area contributed by atoms with Gasteiger partial charge in [-0.25, -0.2) is 4.90 Å². The lowest BCUT2D eigenvalue weighted by Crippen LogP contribution is -2.48. The van der Waals surface area contributed by atoms with E-state index in [1.807, 2.05) is 0 Å². The summed E-state index contributed by atoms with van der Waals surface area (Å²) in [4.78, 5) is 47.3. The Morgan fingerprint density at radius 1 is 1.44 bits per heavy atom. The number of hydrogen-bond acceptors (Lipinski definition) is 7. The van der Waals surface area contributed by atoms with Crippen molar-refractivity contribution in [2.24, 2.45) is 5.73 Å². The van der Waals surface area contributed by atoms with Crippen LogP contribution in [0.2, 0.25) is 0 Å². The van der Waals surface area contributed by atoms with Gasteiger partial charge in [0.05, 0.1) is 10.2 Å².